The summed E-state index contributed by atoms with van der Waals surface area (Å²) >= 11 is 0. The zero-order chi connectivity index (χ0) is 6.62. The van der Waals surface area contributed by atoms with E-state index in [1.807, 2.05) is 21.1 Å². The van der Waals surface area contributed by atoms with E-state index in [4.69, 9.17) is 5.26 Å². The van der Waals surface area contributed by atoms with Crippen molar-refractivity contribution in [2.45, 2.75) is 0 Å². The third-order valence-corrected chi connectivity index (χ3v) is 0.853. The average molecular weight is 137 g/mol. The Labute approximate surface area is 55.5 Å². The van der Waals surface area contributed by atoms with E-state index in [9.17, 15) is 0 Å². The van der Waals surface area contributed by atoms with Crippen LogP contribution in [0.5, 0.6) is 0 Å². The Morgan fingerprint density at radius 2 is 1.78 bits per heavy atom. The number of quaternary nitrogens is 1. The minimum absolute atomic E-state index is 0. The molecule has 4 nitrogen and oxygen atoms in total. The largest absolute Gasteiger partial charge is 0.870 e. The fraction of sp³-hybridized carbons (Fsp3) is 1.00. The molecule has 9 heavy (non-hydrogen) atoms. The van der Waals surface area contributed by atoms with Crippen LogP contribution in [0.2, 0.25) is 0 Å². The first kappa shape index (κ1) is 11.6. The smallest absolute Gasteiger partial charge is 0.131 e. The first-order chi connectivity index (χ1) is 3.56. The quantitative estimate of drug-likeness (QED) is 0.338. The Balaban J connectivity index is 0. The number of rotatable bonds is 3. The number of hydrogen-bond acceptors (Lipinski definition) is 3. The maximum Gasteiger partial charge on any atom is 0.131 e. The molecular weight excluding hydrogens is 122 g/mol. The fourth-order valence-corrected chi connectivity index (χ4v) is 0.315. The number of likely N-dealkylation sites (N-methyl/N-ethyl adjacent to an activating group) is 1. The predicted octanol–water partition coefficient (Wildman–Crippen LogP) is 0.00540. The van der Waals surface area contributed by atoms with Crippen LogP contribution in [0, 0.1) is 0 Å². The van der Waals surface area contributed by atoms with Crippen molar-refractivity contribution in [2.24, 2.45) is 0 Å². The van der Waals surface area contributed by atoms with Crippen LogP contribution in [-0.4, -0.2) is 49.5 Å². The molecule has 58 valence electrons. The highest BCUT2D eigenvalue weighted by atomic mass is 17.1. The molecule has 0 atom stereocenters. The summed E-state index contributed by atoms with van der Waals surface area (Å²) in [5, 5.41) is 7.92. The van der Waals surface area contributed by atoms with Crippen molar-refractivity contribution in [1.82, 2.24) is 0 Å². The summed E-state index contributed by atoms with van der Waals surface area (Å²) in [6, 6.07) is 0. The molecule has 0 aliphatic heterocycles. The maximum atomic E-state index is 7.92. The van der Waals surface area contributed by atoms with Gasteiger partial charge in [0.1, 0.15) is 13.2 Å². The highest BCUT2D eigenvalue weighted by Gasteiger charge is 2.04. The molecule has 0 saturated carbocycles. The standard InChI is InChI=1S/C5H13NO2.H2O/c1-6(2,3)4-5-8-7;/h4-5H2,1-3H3;1H2. The third-order valence-electron chi connectivity index (χ3n) is 0.853. The van der Waals surface area contributed by atoms with Gasteiger partial charge in [0.25, 0.3) is 0 Å². The number of nitrogens with zero attached hydrogens (tertiary/aromatic N) is 1. The van der Waals surface area contributed by atoms with Crippen LogP contribution < -0.4 is 0 Å². The minimum atomic E-state index is 0. The van der Waals surface area contributed by atoms with Gasteiger partial charge in [-0.3, -0.25) is 5.26 Å². The molecule has 0 unspecified atom stereocenters. The van der Waals surface area contributed by atoms with Gasteiger partial charge in [-0.25, -0.2) is 4.89 Å². The molecule has 0 aliphatic rings. The van der Waals surface area contributed by atoms with Crippen molar-refractivity contribution >= 4 is 0 Å². The molecule has 0 saturated heterocycles. The van der Waals surface area contributed by atoms with Crippen LogP contribution in [0.3, 0.4) is 0 Å². The topological polar surface area (TPSA) is 59.5 Å². The molecule has 0 heterocycles. The summed E-state index contributed by atoms with van der Waals surface area (Å²) in [6.07, 6.45) is 0. The molecule has 0 rings (SSSR count). The van der Waals surface area contributed by atoms with Crippen molar-refractivity contribution in [3.63, 3.8) is 0 Å². The lowest BCUT2D eigenvalue weighted by molar-refractivity contribution is -0.871. The predicted molar refractivity (Wildman–Crippen MR) is 33.4 cm³/mol. The van der Waals surface area contributed by atoms with Crippen LogP contribution in [-0.2, 0) is 4.89 Å². The van der Waals surface area contributed by atoms with E-state index in [1.54, 1.807) is 0 Å². The van der Waals surface area contributed by atoms with E-state index < -0.39 is 0 Å². The molecule has 0 aromatic rings. The van der Waals surface area contributed by atoms with Gasteiger partial charge in [0.2, 0.25) is 0 Å². The minimum Gasteiger partial charge on any atom is -0.870 e. The molecule has 0 spiro atoms. The van der Waals surface area contributed by atoms with Gasteiger partial charge in [-0.2, -0.15) is 0 Å². The molecule has 0 aromatic carbocycles. The molecule has 0 fully saturated rings. The summed E-state index contributed by atoms with van der Waals surface area (Å²) in [6.45, 7) is 1.24. The second-order valence-corrected chi connectivity index (χ2v) is 2.85. The SMILES string of the molecule is C[N+](C)(C)CCOO.[OH-]. The van der Waals surface area contributed by atoms with Gasteiger partial charge in [-0.1, -0.05) is 0 Å². The second-order valence-electron chi connectivity index (χ2n) is 2.85. The lowest BCUT2D eigenvalue weighted by atomic mass is 10.5. The third kappa shape index (κ3) is 11.4. The van der Waals surface area contributed by atoms with E-state index in [0.29, 0.717) is 6.61 Å². The Morgan fingerprint density at radius 1 is 1.33 bits per heavy atom. The first-order valence-corrected chi connectivity index (χ1v) is 2.63. The summed E-state index contributed by atoms with van der Waals surface area (Å²) in [7, 11) is 6.12. The average Bonchev–Trinajstić information content (AvgIpc) is 1.59. The van der Waals surface area contributed by atoms with Crippen LogP contribution in [0.1, 0.15) is 0 Å². The van der Waals surface area contributed by atoms with Gasteiger partial charge in [-0.15, -0.1) is 0 Å². The summed E-state index contributed by atoms with van der Waals surface area (Å²) < 4.78 is 0.820. The maximum absolute atomic E-state index is 7.92. The van der Waals surface area contributed by atoms with Gasteiger partial charge >= 0.3 is 0 Å². The Kier molecular flexibility index (Phi) is 6.06. The van der Waals surface area contributed by atoms with Gasteiger partial charge < -0.3 is 9.96 Å². The van der Waals surface area contributed by atoms with Crippen LogP contribution in [0.15, 0.2) is 0 Å². The molecule has 4 heteroatoms. The lowest BCUT2D eigenvalue weighted by Crippen LogP contribution is -2.37. The molecule has 0 radical (unpaired) electrons. The number of hydrogen-bond donors (Lipinski definition) is 1. The van der Waals surface area contributed by atoms with Gasteiger partial charge in [0.15, 0.2) is 0 Å². The van der Waals surface area contributed by atoms with Crippen molar-refractivity contribution < 1.29 is 20.1 Å². The van der Waals surface area contributed by atoms with Crippen LogP contribution >= 0.6 is 0 Å². The summed E-state index contributed by atoms with van der Waals surface area (Å²) in [5.74, 6) is 0. The molecule has 0 aromatic heterocycles. The molecule has 0 amide bonds. The lowest BCUT2D eigenvalue weighted by Gasteiger charge is -2.22. The van der Waals surface area contributed by atoms with E-state index >= 15 is 0 Å². The van der Waals surface area contributed by atoms with Gasteiger partial charge in [0.05, 0.1) is 21.1 Å². The monoisotopic (exact) mass is 137 g/mol. The first-order valence-electron chi connectivity index (χ1n) is 2.63. The van der Waals surface area contributed by atoms with Crippen molar-refractivity contribution in [3.8, 4) is 0 Å². The van der Waals surface area contributed by atoms with E-state index in [0.717, 1.165) is 11.0 Å². The van der Waals surface area contributed by atoms with Gasteiger partial charge in [-0.05, 0) is 0 Å². The van der Waals surface area contributed by atoms with Crippen LogP contribution in [0.25, 0.3) is 0 Å². The second kappa shape index (κ2) is 4.69. The normalized spacial score (nSPS) is 10.7. The highest BCUT2D eigenvalue weighted by molar-refractivity contribution is 4.20. The zero-order valence-corrected chi connectivity index (χ0v) is 6.16. The van der Waals surface area contributed by atoms with Crippen molar-refractivity contribution in [2.75, 3.05) is 34.3 Å². The van der Waals surface area contributed by atoms with Gasteiger partial charge in [0, 0.05) is 0 Å². The van der Waals surface area contributed by atoms with Crippen molar-refractivity contribution in [1.29, 1.82) is 0 Å². The van der Waals surface area contributed by atoms with Crippen molar-refractivity contribution in [3.05, 3.63) is 0 Å². The Bertz CT molecular complexity index is 59.7. The fourth-order valence-electron chi connectivity index (χ4n) is 0.315. The summed E-state index contributed by atoms with van der Waals surface area (Å²) in [5.41, 5.74) is 0. The van der Waals surface area contributed by atoms with E-state index in [2.05, 4.69) is 4.89 Å². The van der Waals surface area contributed by atoms with E-state index in [-0.39, 0.29) is 5.48 Å². The molecule has 2 N–H and O–H groups in total. The zero-order valence-electron chi connectivity index (χ0n) is 6.16. The highest BCUT2D eigenvalue weighted by Crippen LogP contribution is 1.86. The summed E-state index contributed by atoms with van der Waals surface area (Å²) in [4.78, 5) is 3.90. The Morgan fingerprint density at radius 3 is 1.89 bits per heavy atom. The Hall–Kier alpha value is -0.160. The molecular formula is C5H15NO3. The van der Waals surface area contributed by atoms with Crippen LogP contribution in [0.4, 0.5) is 0 Å². The van der Waals surface area contributed by atoms with E-state index in [1.165, 1.54) is 0 Å². The molecule has 0 bridgehead atoms. The molecule has 0 aliphatic carbocycles.